The van der Waals surface area contributed by atoms with Crippen LogP contribution in [0.15, 0.2) is 41.3 Å². The van der Waals surface area contributed by atoms with Crippen molar-refractivity contribution in [3.05, 3.63) is 36.4 Å². The van der Waals surface area contributed by atoms with E-state index >= 15 is 0 Å². The fraction of sp³-hybridized carbons (Fsp3) is 0.294. The lowest BCUT2D eigenvalue weighted by Crippen LogP contribution is -2.41. The number of nitrogens with zero attached hydrogens (tertiary/aromatic N) is 1. The van der Waals surface area contributed by atoms with Crippen molar-refractivity contribution in [1.82, 2.24) is 4.72 Å². The van der Waals surface area contributed by atoms with E-state index in [1.807, 2.05) is 25.1 Å². The summed E-state index contributed by atoms with van der Waals surface area (Å²) in [6.45, 7) is 0. The third-order valence-corrected chi connectivity index (χ3v) is 5.40. The van der Waals surface area contributed by atoms with Crippen molar-refractivity contribution in [3.8, 4) is 0 Å². The van der Waals surface area contributed by atoms with Crippen LogP contribution in [0.1, 0.15) is 12.8 Å². The predicted molar refractivity (Wildman–Crippen MR) is 96.9 cm³/mol. The van der Waals surface area contributed by atoms with Crippen LogP contribution in [-0.2, 0) is 19.6 Å². The number of carboxylic acid groups (broad SMARTS) is 2. The first kappa shape index (κ1) is 19.7. The molecule has 2 aromatic rings. The molecule has 0 aliphatic heterocycles. The molecule has 0 heterocycles. The van der Waals surface area contributed by atoms with Gasteiger partial charge in [-0.2, -0.15) is 4.72 Å². The molecule has 2 aromatic carbocycles. The molecular weight excluding hydrogens is 360 g/mol. The molecular formula is C17H20N2O6S. The van der Waals surface area contributed by atoms with E-state index < -0.39 is 34.4 Å². The van der Waals surface area contributed by atoms with E-state index in [0.717, 1.165) is 5.69 Å². The van der Waals surface area contributed by atoms with Crippen molar-refractivity contribution in [2.45, 2.75) is 23.8 Å². The van der Waals surface area contributed by atoms with Crippen molar-refractivity contribution < 1.29 is 28.2 Å². The summed E-state index contributed by atoms with van der Waals surface area (Å²) in [6.07, 6.45) is -0.808. The van der Waals surface area contributed by atoms with Gasteiger partial charge < -0.3 is 15.1 Å². The van der Waals surface area contributed by atoms with Crippen LogP contribution in [0.5, 0.6) is 0 Å². The minimum atomic E-state index is -4.16. The normalized spacial score (nSPS) is 12.7. The SMILES string of the molecule is CN(C)c1cccc2c(S(=O)(=O)NC(CCC(=O)O)C(=O)O)cccc12. The maximum Gasteiger partial charge on any atom is 0.321 e. The summed E-state index contributed by atoms with van der Waals surface area (Å²) in [5.74, 6) is -2.62. The fourth-order valence-electron chi connectivity index (χ4n) is 2.64. The number of sulfonamides is 1. The molecule has 3 N–H and O–H groups in total. The smallest absolute Gasteiger partial charge is 0.321 e. The molecule has 26 heavy (non-hydrogen) atoms. The minimum absolute atomic E-state index is 0.0553. The largest absolute Gasteiger partial charge is 0.481 e. The Bertz CT molecular complexity index is 939. The Labute approximate surface area is 151 Å². The van der Waals surface area contributed by atoms with Crippen LogP contribution >= 0.6 is 0 Å². The molecule has 0 saturated carbocycles. The van der Waals surface area contributed by atoms with Gasteiger partial charge in [0.25, 0.3) is 0 Å². The van der Waals surface area contributed by atoms with Gasteiger partial charge in [0.1, 0.15) is 6.04 Å². The van der Waals surface area contributed by atoms with Crippen LogP contribution in [-0.4, -0.2) is 50.7 Å². The first-order valence-electron chi connectivity index (χ1n) is 7.79. The zero-order valence-electron chi connectivity index (χ0n) is 14.3. The van der Waals surface area contributed by atoms with Gasteiger partial charge in [0.05, 0.1) is 4.90 Å². The molecule has 0 spiro atoms. The molecule has 0 aliphatic rings. The van der Waals surface area contributed by atoms with E-state index in [1.165, 1.54) is 6.07 Å². The lowest BCUT2D eigenvalue weighted by molar-refractivity contribution is -0.140. The fourth-order valence-corrected chi connectivity index (χ4v) is 4.09. The molecule has 0 aliphatic carbocycles. The van der Waals surface area contributed by atoms with E-state index in [1.54, 1.807) is 24.3 Å². The zero-order valence-corrected chi connectivity index (χ0v) is 15.2. The van der Waals surface area contributed by atoms with E-state index in [2.05, 4.69) is 4.72 Å². The van der Waals surface area contributed by atoms with Gasteiger partial charge in [-0.15, -0.1) is 0 Å². The second-order valence-electron chi connectivity index (χ2n) is 5.97. The highest BCUT2D eigenvalue weighted by molar-refractivity contribution is 7.89. The average molecular weight is 380 g/mol. The molecule has 0 radical (unpaired) electrons. The quantitative estimate of drug-likeness (QED) is 0.634. The van der Waals surface area contributed by atoms with E-state index in [9.17, 15) is 23.1 Å². The lowest BCUT2D eigenvalue weighted by Gasteiger charge is -2.18. The first-order chi connectivity index (χ1) is 12.1. The lowest BCUT2D eigenvalue weighted by atomic mass is 10.1. The van der Waals surface area contributed by atoms with Crippen molar-refractivity contribution in [2.75, 3.05) is 19.0 Å². The Balaban J connectivity index is 2.47. The molecule has 140 valence electrons. The van der Waals surface area contributed by atoms with Crippen LogP contribution < -0.4 is 9.62 Å². The molecule has 1 unspecified atom stereocenters. The number of anilines is 1. The van der Waals surface area contributed by atoms with Gasteiger partial charge in [0.15, 0.2) is 0 Å². The zero-order chi connectivity index (χ0) is 19.5. The summed E-state index contributed by atoms with van der Waals surface area (Å²) in [7, 11) is -0.496. The van der Waals surface area contributed by atoms with Crippen LogP contribution in [0, 0.1) is 0 Å². The average Bonchev–Trinajstić information content (AvgIpc) is 2.56. The molecule has 8 nitrogen and oxygen atoms in total. The second-order valence-corrected chi connectivity index (χ2v) is 7.65. The maximum absolute atomic E-state index is 12.8. The number of hydrogen-bond donors (Lipinski definition) is 3. The third kappa shape index (κ3) is 4.30. The summed E-state index contributed by atoms with van der Waals surface area (Å²) < 4.78 is 27.6. The van der Waals surface area contributed by atoms with Crippen LogP contribution in [0.2, 0.25) is 0 Å². The predicted octanol–water partition coefficient (Wildman–Crippen LogP) is 1.50. The molecule has 1 atom stereocenters. The van der Waals surface area contributed by atoms with Gasteiger partial charge in [-0.05, 0) is 18.6 Å². The van der Waals surface area contributed by atoms with Gasteiger partial charge in [0.2, 0.25) is 10.0 Å². The number of nitrogens with one attached hydrogen (secondary N) is 1. The van der Waals surface area contributed by atoms with Crippen LogP contribution in [0.3, 0.4) is 0 Å². The highest BCUT2D eigenvalue weighted by Gasteiger charge is 2.27. The third-order valence-electron chi connectivity index (χ3n) is 3.87. The Morgan fingerprint density at radius 2 is 1.69 bits per heavy atom. The minimum Gasteiger partial charge on any atom is -0.481 e. The number of benzene rings is 2. The Hall–Kier alpha value is -2.65. The molecule has 0 fully saturated rings. The second kappa shape index (κ2) is 7.71. The van der Waals surface area contributed by atoms with E-state index in [-0.39, 0.29) is 11.3 Å². The molecule has 0 bridgehead atoms. The monoisotopic (exact) mass is 380 g/mol. The van der Waals surface area contributed by atoms with Crippen molar-refractivity contribution >= 4 is 38.4 Å². The van der Waals surface area contributed by atoms with Gasteiger partial charge >= 0.3 is 11.9 Å². The van der Waals surface area contributed by atoms with Crippen molar-refractivity contribution in [2.24, 2.45) is 0 Å². The Morgan fingerprint density at radius 1 is 1.08 bits per heavy atom. The summed E-state index contributed by atoms with van der Waals surface area (Å²) in [5, 5.41) is 19.1. The van der Waals surface area contributed by atoms with Crippen LogP contribution in [0.4, 0.5) is 5.69 Å². The standard InChI is InChI=1S/C17H20N2O6S/c1-19(2)14-7-3-6-12-11(14)5-4-8-15(12)26(24,25)18-13(17(22)23)9-10-16(20)21/h3-8,13,18H,9-10H2,1-2H3,(H,20,21)(H,22,23). The number of aliphatic carboxylic acids is 2. The molecule has 9 heteroatoms. The summed E-state index contributed by atoms with van der Waals surface area (Å²) in [6, 6.07) is 8.43. The first-order valence-corrected chi connectivity index (χ1v) is 9.28. The van der Waals surface area contributed by atoms with E-state index in [4.69, 9.17) is 5.11 Å². The number of carboxylic acids is 2. The number of fused-ring (bicyclic) bond motifs is 1. The summed E-state index contributed by atoms with van der Waals surface area (Å²) in [5.41, 5.74) is 0.820. The van der Waals surface area contributed by atoms with E-state index in [0.29, 0.717) is 10.8 Å². The summed E-state index contributed by atoms with van der Waals surface area (Å²) >= 11 is 0. The Morgan fingerprint density at radius 3 is 2.27 bits per heavy atom. The van der Waals surface area contributed by atoms with Gasteiger partial charge in [-0.25, -0.2) is 8.42 Å². The number of carbonyl (C=O) groups is 2. The molecule has 0 saturated heterocycles. The van der Waals surface area contributed by atoms with Gasteiger partial charge in [0, 0.05) is 37.0 Å². The van der Waals surface area contributed by atoms with Gasteiger partial charge in [-0.1, -0.05) is 24.3 Å². The highest BCUT2D eigenvalue weighted by Crippen LogP contribution is 2.30. The Kier molecular flexibility index (Phi) is 5.83. The van der Waals surface area contributed by atoms with Crippen molar-refractivity contribution in [3.63, 3.8) is 0 Å². The number of hydrogen-bond acceptors (Lipinski definition) is 5. The van der Waals surface area contributed by atoms with Gasteiger partial charge in [-0.3, -0.25) is 9.59 Å². The summed E-state index contributed by atoms with van der Waals surface area (Å²) in [4.78, 5) is 23.8. The molecule has 0 amide bonds. The molecule has 0 aromatic heterocycles. The molecule has 2 rings (SSSR count). The van der Waals surface area contributed by atoms with Crippen LogP contribution in [0.25, 0.3) is 10.8 Å². The topological polar surface area (TPSA) is 124 Å². The highest BCUT2D eigenvalue weighted by atomic mass is 32.2. The maximum atomic E-state index is 12.8. The van der Waals surface area contributed by atoms with Crippen molar-refractivity contribution in [1.29, 1.82) is 0 Å². The number of rotatable bonds is 8.